The first-order valence-electron chi connectivity index (χ1n) is 12.8. The molecule has 0 N–H and O–H groups in total. The summed E-state index contributed by atoms with van der Waals surface area (Å²) in [5.41, 5.74) is 2.78. The Morgan fingerprint density at radius 3 is 2.16 bits per heavy atom. The van der Waals surface area contributed by atoms with Gasteiger partial charge in [0.2, 0.25) is 0 Å². The first kappa shape index (κ1) is 25.6. The second-order valence-electron chi connectivity index (χ2n) is 9.38. The third kappa shape index (κ3) is 5.03. The summed E-state index contributed by atoms with van der Waals surface area (Å²) in [5.74, 6) is 0. The van der Waals surface area contributed by atoms with E-state index in [4.69, 9.17) is 4.74 Å². The Hall–Kier alpha value is -4.08. The molecule has 1 fully saturated rings. The van der Waals surface area contributed by atoms with E-state index >= 15 is 0 Å². The number of benzene rings is 2. The van der Waals surface area contributed by atoms with Crippen LogP contribution in [0.15, 0.2) is 83.8 Å². The van der Waals surface area contributed by atoms with Gasteiger partial charge in [-0.3, -0.25) is 24.8 Å². The summed E-state index contributed by atoms with van der Waals surface area (Å²) in [6, 6.07) is 24.4. The number of hydrogen-bond acceptors (Lipinski definition) is 7. The summed E-state index contributed by atoms with van der Waals surface area (Å²) in [4.78, 5) is 34.0. The highest BCUT2D eigenvalue weighted by atomic mass is 16.6. The molecular weight excluding hydrogens is 482 g/mol. The molecule has 0 atom stereocenters. The Balaban J connectivity index is 1.50. The van der Waals surface area contributed by atoms with Gasteiger partial charge in [0, 0.05) is 52.6 Å². The van der Waals surface area contributed by atoms with Crippen molar-refractivity contribution in [3.8, 4) is 0 Å². The van der Waals surface area contributed by atoms with Crippen molar-refractivity contribution in [2.75, 3.05) is 44.8 Å². The van der Waals surface area contributed by atoms with Crippen LogP contribution in [0.25, 0.3) is 11.0 Å². The molecule has 0 radical (unpaired) electrons. The van der Waals surface area contributed by atoms with E-state index in [2.05, 4.69) is 34.1 Å². The molecule has 0 aliphatic carbocycles. The summed E-state index contributed by atoms with van der Waals surface area (Å²) < 4.78 is 6.59. The van der Waals surface area contributed by atoms with E-state index in [9.17, 15) is 14.9 Å². The van der Waals surface area contributed by atoms with Crippen LogP contribution in [0.2, 0.25) is 0 Å². The molecule has 3 heterocycles. The van der Waals surface area contributed by atoms with Gasteiger partial charge in [-0.1, -0.05) is 60.7 Å². The highest BCUT2D eigenvalue weighted by Gasteiger charge is 2.33. The molecule has 1 aliphatic heterocycles. The molecule has 0 amide bonds. The Morgan fingerprint density at radius 1 is 0.947 bits per heavy atom. The molecule has 5 rings (SSSR count). The Labute approximate surface area is 221 Å². The predicted molar refractivity (Wildman–Crippen MR) is 148 cm³/mol. The van der Waals surface area contributed by atoms with Gasteiger partial charge in [-0.15, -0.1) is 0 Å². The molecule has 0 unspecified atom stereocenters. The monoisotopic (exact) mass is 513 g/mol. The van der Waals surface area contributed by atoms with Gasteiger partial charge in [-0.2, -0.15) is 0 Å². The van der Waals surface area contributed by atoms with E-state index in [1.807, 2.05) is 41.3 Å². The summed E-state index contributed by atoms with van der Waals surface area (Å²) in [6.45, 7) is 3.20. The number of aromatic nitrogens is 2. The van der Waals surface area contributed by atoms with Crippen molar-refractivity contribution in [3.05, 3.63) is 111 Å². The van der Waals surface area contributed by atoms with Crippen molar-refractivity contribution in [2.45, 2.75) is 19.0 Å². The van der Waals surface area contributed by atoms with E-state index in [1.165, 1.54) is 15.7 Å². The normalized spacial score (nSPS) is 14.3. The van der Waals surface area contributed by atoms with Crippen LogP contribution in [0.5, 0.6) is 0 Å². The molecule has 0 bridgehead atoms. The predicted octanol–water partition coefficient (Wildman–Crippen LogP) is 4.25. The smallest absolute Gasteiger partial charge is 0.359 e. The average Bonchev–Trinajstić information content (AvgIpc) is 2.95. The third-order valence-electron chi connectivity index (χ3n) is 7.11. The Morgan fingerprint density at radius 2 is 1.58 bits per heavy atom. The zero-order valence-corrected chi connectivity index (χ0v) is 21.4. The van der Waals surface area contributed by atoms with Gasteiger partial charge in [-0.25, -0.2) is 0 Å². The number of anilines is 1. The largest absolute Gasteiger partial charge is 0.385 e. The van der Waals surface area contributed by atoms with E-state index in [1.54, 1.807) is 25.4 Å². The molecule has 9 heteroatoms. The summed E-state index contributed by atoms with van der Waals surface area (Å²) >= 11 is 0. The number of ether oxygens (including phenoxy) is 1. The number of pyridine rings is 2. The minimum Gasteiger partial charge on any atom is -0.385 e. The lowest BCUT2D eigenvalue weighted by Crippen LogP contribution is -2.48. The maximum atomic E-state index is 13.4. The maximum absolute atomic E-state index is 13.4. The van der Waals surface area contributed by atoms with Gasteiger partial charge in [0.1, 0.15) is 11.2 Å². The van der Waals surface area contributed by atoms with Crippen LogP contribution in [0.4, 0.5) is 11.4 Å². The zero-order valence-electron chi connectivity index (χ0n) is 21.4. The summed E-state index contributed by atoms with van der Waals surface area (Å²) in [5, 5.41) is 12.3. The highest BCUT2D eigenvalue weighted by molar-refractivity contribution is 5.93. The zero-order chi connectivity index (χ0) is 26.5. The maximum Gasteiger partial charge on any atom is 0.359 e. The molecule has 0 saturated carbocycles. The SMILES string of the molecule is COCCCn1c(=O)c([N+](=O)[O-])c(N2CCN(C(c3ccccc3)c3ccccc3)CC2)c2ncccc21. The number of hydrogen-bond donors (Lipinski definition) is 0. The number of aryl methyl sites for hydroxylation is 1. The van der Waals surface area contributed by atoms with E-state index in [0.717, 1.165) is 0 Å². The number of nitrogens with zero attached hydrogens (tertiary/aromatic N) is 5. The first-order chi connectivity index (χ1) is 18.6. The average molecular weight is 514 g/mol. The minimum absolute atomic E-state index is 0.0678. The fourth-order valence-electron chi connectivity index (χ4n) is 5.39. The number of fused-ring (bicyclic) bond motifs is 1. The summed E-state index contributed by atoms with van der Waals surface area (Å²) in [7, 11) is 1.59. The summed E-state index contributed by atoms with van der Waals surface area (Å²) in [6.07, 6.45) is 2.19. The van der Waals surface area contributed by atoms with Crippen LogP contribution >= 0.6 is 0 Å². The second kappa shape index (κ2) is 11.5. The van der Waals surface area contributed by atoms with Gasteiger partial charge in [0.15, 0.2) is 0 Å². The van der Waals surface area contributed by atoms with Crippen molar-refractivity contribution in [2.24, 2.45) is 0 Å². The van der Waals surface area contributed by atoms with E-state index in [0.29, 0.717) is 62.5 Å². The van der Waals surface area contributed by atoms with Crippen molar-refractivity contribution >= 4 is 22.4 Å². The van der Waals surface area contributed by atoms with Gasteiger partial charge < -0.3 is 14.2 Å². The molecule has 2 aromatic carbocycles. The Bertz CT molecular complexity index is 1410. The van der Waals surface area contributed by atoms with Gasteiger partial charge in [-0.05, 0) is 29.7 Å². The molecular formula is C29H31N5O4. The van der Waals surface area contributed by atoms with Crippen LogP contribution in [0.1, 0.15) is 23.6 Å². The lowest BCUT2D eigenvalue weighted by atomic mass is 9.96. The number of rotatable bonds is 9. The number of nitro groups is 1. The van der Waals surface area contributed by atoms with Crippen molar-refractivity contribution in [3.63, 3.8) is 0 Å². The quantitative estimate of drug-likeness (QED) is 0.188. The van der Waals surface area contributed by atoms with Crippen LogP contribution in [0, 0.1) is 10.1 Å². The fraction of sp³-hybridized carbons (Fsp3) is 0.310. The number of methoxy groups -OCH3 is 1. The first-order valence-corrected chi connectivity index (χ1v) is 12.8. The topological polar surface area (TPSA) is 93.7 Å². The third-order valence-corrected chi connectivity index (χ3v) is 7.11. The fourth-order valence-corrected chi connectivity index (χ4v) is 5.39. The van der Waals surface area contributed by atoms with Crippen LogP contribution in [0.3, 0.4) is 0 Å². The molecule has 1 aliphatic rings. The van der Waals surface area contributed by atoms with Crippen LogP contribution in [-0.4, -0.2) is 59.3 Å². The standard InChI is InChI=1S/C29H31N5O4/c1-38-21-9-16-33-24-14-8-15-30-25(24)27(28(29(33)35)34(36)37)32-19-17-31(18-20-32)26(22-10-4-2-5-11-22)23-12-6-3-7-13-23/h2-8,10-15,26H,9,16-21H2,1H3. The lowest BCUT2D eigenvalue weighted by molar-refractivity contribution is -0.385. The minimum atomic E-state index is -0.601. The van der Waals surface area contributed by atoms with Gasteiger partial charge >= 0.3 is 11.2 Å². The molecule has 0 spiro atoms. The molecule has 9 nitrogen and oxygen atoms in total. The van der Waals surface area contributed by atoms with Crippen LogP contribution < -0.4 is 10.5 Å². The molecule has 4 aromatic rings. The van der Waals surface area contributed by atoms with E-state index in [-0.39, 0.29) is 6.04 Å². The molecule has 196 valence electrons. The van der Waals surface area contributed by atoms with Gasteiger partial charge in [0.25, 0.3) is 0 Å². The Kier molecular flexibility index (Phi) is 7.76. The second-order valence-corrected chi connectivity index (χ2v) is 9.38. The van der Waals surface area contributed by atoms with Crippen molar-refractivity contribution in [1.82, 2.24) is 14.5 Å². The number of piperazine rings is 1. The van der Waals surface area contributed by atoms with E-state index < -0.39 is 16.2 Å². The molecule has 1 saturated heterocycles. The van der Waals surface area contributed by atoms with Gasteiger partial charge in [0.05, 0.1) is 16.5 Å². The molecule has 2 aromatic heterocycles. The molecule has 38 heavy (non-hydrogen) atoms. The lowest BCUT2D eigenvalue weighted by Gasteiger charge is -2.40. The van der Waals surface area contributed by atoms with Crippen molar-refractivity contribution in [1.29, 1.82) is 0 Å². The van der Waals surface area contributed by atoms with Crippen LogP contribution in [-0.2, 0) is 11.3 Å². The highest BCUT2D eigenvalue weighted by Crippen LogP contribution is 2.35. The van der Waals surface area contributed by atoms with Crippen molar-refractivity contribution < 1.29 is 9.66 Å².